The van der Waals surface area contributed by atoms with Crippen molar-refractivity contribution in [1.29, 1.82) is 0 Å². The molecule has 5 amide bonds. The van der Waals surface area contributed by atoms with Gasteiger partial charge in [0.2, 0.25) is 17.8 Å². The highest BCUT2D eigenvalue weighted by Crippen LogP contribution is 2.37. The molecule has 0 aliphatic carbocycles. The quantitative estimate of drug-likeness (QED) is 0.119. The molecule has 3 saturated heterocycles. The fraction of sp³-hybridized carbons (Fsp3) is 0.511. The summed E-state index contributed by atoms with van der Waals surface area (Å²) in [5, 5.41) is 13.3. The average molecular weight is 866 g/mol. The van der Waals surface area contributed by atoms with Crippen LogP contribution in [0.15, 0.2) is 48.9 Å². The summed E-state index contributed by atoms with van der Waals surface area (Å²) in [6, 6.07) is 7.69. The lowest BCUT2D eigenvalue weighted by molar-refractivity contribution is -0.136. The Labute approximate surface area is 365 Å². The standard InChI is InChI=1S/C45H56FN11O6/c1-6-17-45(7-2,53-32-10-8-9-28-39(32)43(62)57(42(28)61)33-11-12-38(58)52-41(33)60)55-20-14-27(15-21-55)49-40(59)30-24-56(26(3)4)34-22-37(48-23-29(30)34)50-36-13-18-47-44(51-36)54-19-16-35(63-5)31(46)25-54/h8-10,13,18,22-24,26-27,31,33,35,53H,6-7,11-12,14-17,19-21,25H2,1-5H3,(H,49,59)(H,52,58,60)(H,47,48,50,51)/t31-,33?,35+,45?/m1/s1. The number of hydrogen-bond acceptors (Lipinski definition) is 13. The van der Waals surface area contributed by atoms with Gasteiger partial charge in [-0.2, -0.15) is 4.98 Å². The fourth-order valence-corrected chi connectivity index (χ4v) is 9.64. The minimum Gasteiger partial charge on any atom is -0.378 e. The number of nitrogens with zero attached hydrogens (tertiary/aromatic N) is 7. The molecule has 17 nitrogen and oxygen atoms in total. The van der Waals surface area contributed by atoms with Crippen molar-refractivity contribution in [2.24, 2.45) is 0 Å². The molecule has 4 atom stereocenters. The molecular formula is C45H56FN11O6. The summed E-state index contributed by atoms with van der Waals surface area (Å²) in [4.78, 5) is 85.0. The number of carbonyl (C=O) groups excluding carboxylic acids is 5. The summed E-state index contributed by atoms with van der Waals surface area (Å²) in [5.41, 5.74) is 1.80. The smallest absolute Gasteiger partial charge is 0.264 e. The van der Waals surface area contributed by atoms with Gasteiger partial charge < -0.3 is 30.2 Å². The van der Waals surface area contributed by atoms with Gasteiger partial charge in [0.15, 0.2) is 0 Å². The first-order valence-electron chi connectivity index (χ1n) is 22.1. The van der Waals surface area contributed by atoms with E-state index < -0.39 is 47.6 Å². The lowest BCUT2D eigenvalue weighted by Crippen LogP contribution is -2.58. The van der Waals surface area contributed by atoms with Crippen LogP contribution in [0.1, 0.15) is 116 Å². The molecule has 18 heteroatoms. The highest BCUT2D eigenvalue weighted by molar-refractivity contribution is 6.25. The van der Waals surface area contributed by atoms with E-state index in [1.165, 1.54) is 7.11 Å². The second-order valence-corrected chi connectivity index (χ2v) is 17.2. The van der Waals surface area contributed by atoms with E-state index in [1.54, 1.807) is 36.7 Å². The summed E-state index contributed by atoms with van der Waals surface area (Å²) in [6.07, 6.45) is 8.00. The molecule has 334 valence electrons. The zero-order valence-electron chi connectivity index (χ0n) is 36.4. The molecule has 2 unspecified atom stereocenters. The Bertz CT molecular complexity index is 2420. The Morgan fingerprint density at radius 3 is 2.51 bits per heavy atom. The number of nitrogens with one attached hydrogen (secondary N) is 4. The van der Waals surface area contributed by atoms with Gasteiger partial charge in [-0.15, -0.1) is 0 Å². The number of hydrogen-bond donors (Lipinski definition) is 4. The second-order valence-electron chi connectivity index (χ2n) is 17.2. The monoisotopic (exact) mass is 865 g/mol. The number of rotatable bonds is 14. The van der Waals surface area contributed by atoms with Crippen molar-refractivity contribution in [3.05, 3.63) is 65.6 Å². The number of amides is 5. The number of fused-ring (bicyclic) bond motifs is 2. The van der Waals surface area contributed by atoms with Crippen LogP contribution in [0.2, 0.25) is 0 Å². The third-order valence-corrected chi connectivity index (χ3v) is 13.0. The Balaban J connectivity index is 0.942. The van der Waals surface area contributed by atoms with Crippen LogP contribution in [-0.4, -0.2) is 122 Å². The number of alkyl halides is 1. The Hall–Kier alpha value is -6.01. The van der Waals surface area contributed by atoms with Crippen LogP contribution in [-0.2, 0) is 14.3 Å². The van der Waals surface area contributed by atoms with Crippen molar-refractivity contribution < 1.29 is 33.1 Å². The molecule has 3 aromatic heterocycles. The van der Waals surface area contributed by atoms with Gasteiger partial charge in [-0.25, -0.2) is 14.4 Å². The SMILES string of the molecule is CCCC(CC)(Nc1cccc2c1C(=O)N(C1CCC(=O)NC1=O)C2=O)N1CCC(NC(=O)c2cn(C(C)C)c3cc(Nc4ccnc(N5CC[C@H](OC)[C@H](F)C5)n4)ncc23)CC1. The second kappa shape index (κ2) is 18.0. The van der Waals surface area contributed by atoms with E-state index in [1.807, 2.05) is 17.2 Å². The molecule has 4 aliphatic heterocycles. The number of likely N-dealkylation sites (tertiary alicyclic amines) is 1. The zero-order valence-corrected chi connectivity index (χ0v) is 36.4. The lowest BCUT2D eigenvalue weighted by atomic mass is 9.92. The zero-order chi connectivity index (χ0) is 44.6. The maximum Gasteiger partial charge on any atom is 0.264 e. The first-order valence-corrected chi connectivity index (χ1v) is 22.1. The van der Waals surface area contributed by atoms with Crippen LogP contribution < -0.4 is 26.2 Å². The summed E-state index contributed by atoms with van der Waals surface area (Å²) in [7, 11) is 1.52. The number of piperidine rings is 3. The predicted molar refractivity (Wildman–Crippen MR) is 235 cm³/mol. The molecule has 63 heavy (non-hydrogen) atoms. The van der Waals surface area contributed by atoms with Crippen molar-refractivity contribution in [3.63, 3.8) is 0 Å². The lowest BCUT2D eigenvalue weighted by Gasteiger charge is -2.48. The summed E-state index contributed by atoms with van der Waals surface area (Å²) < 4.78 is 22.0. The van der Waals surface area contributed by atoms with Gasteiger partial charge in [0.1, 0.15) is 23.8 Å². The van der Waals surface area contributed by atoms with E-state index in [-0.39, 0.29) is 48.5 Å². The molecule has 4 N–H and O–H groups in total. The van der Waals surface area contributed by atoms with E-state index in [2.05, 4.69) is 73.4 Å². The molecular weight excluding hydrogens is 810 g/mol. The molecule has 4 aliphatic rings. The third kappa shape index (κ3) is 8.45. The molecule has 8 rings (SSSR count). The highest BCUT2D eigenvalue weighted by atomic mass is 19.1. The predicted octanol–water partition coefficient (Wildman–Crippen LogP) is 5.33. The number of halogens is 1. The van der Waals surface area contributed by atoms with Gasteiger partial charge >= 0.3 is 0 Å². The topological polar surface area (TPSA) is 196 Å². The van der Waals surface area contributed by atoms with Crippen molar-refractivity contribution in [1.82, 2.24) is 40.0 Å². The third-order valence-electron chi connectivity index (χ3n) is 13.0. The van der Waals surface area contributed by atoms with Gasteiger partial charge in [0, 0.05) is 81.0 Å². The Morgan fingerprint density at radius 2 is 1.81 bits per heavy atom. The number of carbonyl (C=O) groups is 5. The summed E-state index contributed by atoms with van der Waals surface area (Å²) >= 11 is 0. The number of ether oxygens (including phenoxy) is 1. The molecule has 1 aromatic carbocycles. The van der Waals surface area contributed by atoms with Crippen molar-refractivity contribution in [3.8, 4) is 0 Å². The molecule has 4 aromatic rings. The largest absolute Gasteiger partial charge is 0.378 e. The van der Waals surface area contributed by atoms with E-state index in [9.17, 15) is 28.4 Å². The number of imide groups is 2. The van der Waals surface area contributed by atoms with Gasteiger partial charge in [0.05, 0.1) is 40.5 Å². The minimum absolute atomic E-state index is 0.0480. The number of benzene rings is 1. The van der Waals surface area contributed by atoms with Crippen LogP contribution in [0.25, 0.3) is 10.9 Å². The molecule has 3 fully saturated rings. The van der Waals surface area contributed by atoms with Gasteiger partial charge in [-0.3, -0.25) is 39.1 Å². The first-order chi connectivity index (χ1) is 30.3. The van der Waals surface area contributed by atoms with Gasteiger partial charge in [0.25, 0.3) is 17.7 Å². The summed E-state index contributed by atoms with van der Waals surface area (Å²) in [6.45, 7) is 10.4. The van der Waals surface area contributed by atoms with Crippen molar-refractivity contribution in [2.75, 3.05) is 48.8 Å². The maximum atomic E-state index is 14.6. The van der Waals surface area contributed by atoms with Crippen LogP contribution in [0.5, 0.6) is 0 Å². The van der Waals surface area contributed by atoms with Crippen LogP contribution in [0.3, 0.4) is 0 Å². The van der Waals surface area contributed by atoms with Crippen LogP contribution >= 0.6 is 0 Å². The van der Waals surface area contributed by atoms with E-state index >= 15 is 0 Å². The van der Waals surface area contributed by atoms with Crippen LogP contribution in [0, 0.1) is 0 Å². The fourth-order valence-electron chi connectivity index (χ4n) is 9.64. The van der Waals surface area contributed by atoms with Crippen molar-refractivity contribution >= 4 is 63.7 Å². The molecule has 0 spiro atoms. The minimum atomic E-state index is -1.14. The maximum absolute atomic E-state index is 14.6. The molecule has 0 radical (unpaired) electrons. The Morgan fingerprint density at radius 1 is 1.02 bits per heavy atom. The number of pyridine rings is 1. The first kappa shape index (κ1) is 43.6. The summed E-state index contributed by atoms with van der Waals surface area (Å²) in [5.74, 6) is -0.872. The number of aromatic nitrogens is 4. The van der Waals surface area contributed by atoms with E-state index in [0.717, 1.165) is 28.6 Å². The van der Waals surface area contributed by atoms with Gasteiger partial charge in [-0.05, 0) is 70.6 Å². The van der Waals surface area contributed by atoms with E-state index in [0.29, 0.717) is 74.2 Å². The Kier molecular flexibility index (Phi) is 12.5. The molecule has 7 heterocycles. The van der Waals surface area contributed by atoms with Crippen molar-refractivity contribution in [2.45, 2.75) is 115 Å². The normalized spacial score (nSPS) is 22.0. The molecule has 0 saturated carbocycles. The average Bonchev–Trinajstić information content (AvgIpc) is 3.78. The van der Waals surface area contributed by atoms with E-state index in [4.69, 9.17) is 4.74 Å². The number of anilines is 4. The van der Waals surface area contributed by atoms with Crippen LogP contribution in [0.4, 0.5) is 27.7 Å². The number of methoxy groups -OCH3 is 1. The highest BCUT2D eigenvalue weighted by Gasteiger charge is 2.47. The molecule has 0 bridgehead atoms. The van der Waals surface area contributed by atoms with Gasteiger partial charge in [-0.1, -0.05) is 26.3 Å².